The highest BCUT2D eigenvalue weighted by molar-refractivity contribution is 7.13. The number of aryl methyl sites for hydroxylation is 2. The first-order chi connectivity index (χ1) is 15.5. The van der Waals surface area contributed by atoms with Crippen LogP contribution in [0.5, 0.6) is 0 Å². The number of halogens is 1. The molecule has 0 spiro atoms. The Hall–Kier alpha value is -1.44. The molecule has 0 bridgehead atoms. The maximum atomic E-state index is 11.9. The Labute approximate surface area is 199 Å². The van der Waals surface area contributed by atoms with E-state index in [1.54, 1.807) is 6.07 Å². The smallest absolute Gasteiger partial charge is 0.348 e. The molecule has 176 valence electrons. The lowest BCUT2D eigenvalue weighted by Gasteiger charge is -2.23. The third-order valence-corrected chi connectivity index (χ3v) is 7.73. The van der Waals surface area contributed by atoms with Crippen molar-refractivity contribution in [3.8, 4) is 0 Å². The molecule has 1 fully saturated rings. The Morgan fingerprint density at radius 1 is 1.22 bits per heavy atom. The van der Waals surface area contributed by atoms with Crippen molar-refractivity contribution in [3.05, 3.63) is 57.3 Å². The average molecular weight is 481 g/mol. The summed E-state index contributed by atoms with van der Waals surface area (Å²) in [5.41, 5.74) is 2.45. The molecule has 1 saturated carbocycles. The van der Waals surface area contributed by atoms with E-state index in [2.05, 4.69) is 31.2 Å². The van der Waals surface area contributed by atoms with Crippen LogP contribution in [0.15, 0.2) is 36.4 Å². The number of thiophene rings is 1. The lowest BCUT2D eigenvalue weighted by atomic mass is 9.90. The first-order valence-corrected chi connectivity index (χ1v) is 12.6. The van der Waals surface area contributed by atoms with Crippen molar-refractivity contribution >= 4 is 28.9 Å². The lowest BCUT2D eigenvalue weighted by Crippen LogP contribution is -2.26. The summed E-state index contributed by atoms with van der Waals surface area (Å²) in [7, 11) is 0. The van der Waals surface area contributed by atoms with Crippen molar-refractivity contribution in [1.82, 2.24) is 0 Å². The molecule has 3 rings (SSSR count). The van der Waals surface area contributed by atoms with Crippen molar-refractivity contribution in [2.45, 2.75) is 57.1 Å². The van der Waals surface area contributed by atoms with Gasteiger partial charge in [0, 0.05) is 16.2 Å². The van der Waals surface area contributed by atoms with Gasteiger partial charge in [-0.2, -0.15) is 0 Å². The Morgan fingerprint density at radius 3 is 2.81 bits per heavy atom. The van der Waals surface area contributed by atoms with Crippen LogP contribution in [0.2, 0.25) is 0 Å². The number of alkyl halides is 1. The van der Waals surface area contributed by atoms with E-state index in [1.807, 2.05) is 6.07 Å². The molecule has 2 aromatic rings. The molecule has 0 amide bonds. The molecule has 1 heterocycles. The molecule has 1 aliphatic rings. The summed E-state index contributed by atoms with van der Waals surface area (Å²) < 4.78 is 11.0. The number of esters is 1. The quantitative estimate of drug-likeness (QED) is 0.343. The van der Waals surface area contributed by atoms with E-state index in [1.165, 1.54) is 16.9 Å². The summed E-state index contributed by atoms with van der Waals surface area (Å²) in [6, 6.07) is 12.1. The normalized spacial score (nSPS) is 22.9. The Morgan fingerprint density at radius 2 is 2.03 bits per heavy atom. The highest BCUT2D eigenvalue weighted by Gasteiger charge is 2.41. The number of aliphatic hydroxyl groups is 2. The van der Waals surface area contributed by atoms with E-state index in [0.29, 0.717) is 24.5 Å². The highest BCUT2D eigenvalue weighted by atomic mass is 35.5. The molecular formula is C25H33ClO5S. The summed E-state index contributed by atoms with van der Waals surface area (Å²) in [5.74, 6) is -0.140. The molecule has 1 aliphatic carbocycles. The van der Waals surface area contributed by atoms with Crippen molar-refractivity contribution in [3.63, 3.8) is 0 Å². The SMILES string of the molecule is CCc1cccc(COC[C@@H]2[C@@H](CCCc3ccc(C(=O)OCCO)s3)[C@H](Cl)C[C@H]2O)c1. The topological polar surface area (TPSA) is 76.0 Å². The molecule has 1 aromatic carbocycles. The first-order valence-electron chi connectivity index (χ1n) is 11.4. The molecule has 2 N–H and O–H groups in total. The number of aliphatic hydroxyl groups excluding tert-OH is 2. The van der Waals surface area contributed by atoms with Gasteiger partial charge in [-0.3, -0.25) is 0 Å². The van der Waals surface area contributed by atoms with Crippen LogP contribution in [0.25, 0.3) is 0 Å². The number of rotatable bonds is 12. The third kappa shape index (κ3) is 7.03. The van der Waals surface area contributed by atoms with Gasteiger partial charge in [-0.15, -0.1) is 22.9 Å². The van der Waals surface area contributed by atoms with Gasteiger partial charge in [0.25, 0.3) is 0 Å². The highest BCUT2D eigenvalue weighted by Crippen LogP contribution is 2.39. The number of hydrogen-bond acceptors (Lipinski definition) is 6. The van der Waals surface area contributed by atoms with Gasteiger partial charge < -0.3 is 19.7 Å². The second kappa shape index (κ2) is 12.7. The van der Waals surface area contributed by atoms with Crippen LogP contribution in [-0.2, 0) is 28.9 Å². The summed E-state index contributed by atoms with van der Waals surface area (Å²) in [4.78, 5) is 13.6. The fourth-order valence-electron chi connectivity index (χ4n) is 4.36. The summed E-state index contributed by atoms with van der Waals surface area (Å²) in [5, 5.41) is 19.3. The van der Waals surface area contributed by atoms with E-state index in [4.69, 9.17) is 26.2 Å². The lowest BCUT2D eigenvalue weighted by molar-refractivity contribution is 0.0200. The molecule has 5 nitrogen and oxygen atoms in total. The summed E-state index contributed by atoms with van der Waals surface area (Å²) in [6.07, 6.45) is 3.87. The third-order valence-electron chi connectivity index (χ3n) is 6.10. The molecular weight excluding hydrogens is 448 g/mol. The zero-order valence-electron chi connectivity index (χ0n) is 18.5. The zero-order chi connectivity index (χ0) is 22.9. The minimum absolute atomic E-state index is 0.0146. The van der Waals surface area contributed by atoms with Gasteiger partial charge in [-0.05, 0) is 61.3 Å². The fraction of sp³-hybridized carbons (Fsp3) is 0.560. The Kier molecular flexibility index (Phi) is 10.0. The predicted octanol–water partition coefficient (Wildman–Crippen LogP) is 4.60. The number of ether oxygens (including phenoxy) is 2. The monoisotopic (exact) mass is 480 g/mol. The second-order valence-electron chi connectivity index (χ2n) is 8.35. The minimum Gasteiger partial charge on any atom is -0.459 e. The van der Waals surface area contributed by atoms with Crippen LogP contribution in [0.4, 0.5) is 0 Å². The van der Waals surface area contributed by atoms with Crippen LogP contribution < -0.4 is 0 Å². The molecule has 32 heavy (non-hydrogen) atoms. The van der Waals surface area contributed by atoms with Crippen LogP contribution in [0.3, 0.4) is 0 Å². The zero-order valence-corrected chi connectivity index (χ0v) is 20.1. The van der Waals surface area contributed by atoms with Crippen molar-refractivity contribution < 1.29 is 24.5 Å². The van der Waals surface area contributed by atoms with Crippen LogP contribution in [-0.4, -0.2) is 47.5 Å². The van der Waals surface area contributed by atoms with Crippen molar-refractivity contribution in [2.24, 2.45) is 11.8 Å². The molecule has 1 aromatic heterocycles. The maximum absolute atomic E-state index is 11.9. The van der Waals surface area contributed by atoms with Gasteiger partial charge in [0.15, 0.2) is 0 Å². The molecule has 4 atom stereocenters. The second-order valence-corrected chi connectivity index (χ2v) is 10.1. The largest absolute Gasteiger partial charge is 0.459 e. The van der Waals surface area contributed by atoms with Gasteiger partial charge in [0.1, 0.15) is 11.5 Å². The number of hydrogen-bond donors (Lipinski definition) is 2. The summed E-state index contributed by atoms with van der Waals surface area (Å²) >= 11 is 8.01. The molecule has 0 saturated heterocycles. The minimum atomic E-state index is -0.431. The Bertz CT molecular complexity index is 854. The number of benzene rings is 1. The van der Waals surface area contributed by atoms with Gasteiger partial charge in [-0.1, -0.05) is 31.2 Å². The predicted molar refractivity (Wildman–Crippen MR) is 127 cm³/mol. The maximum Gasteiger partial charge on any atom is 0.348 e. The van der Waals surface area contributed by atoms with Gasteiger partial charge in [0.2, 0.25) is 0 Å². The van der Waals surface area contributed by atoms with E-state index < -0.39 is 12.1 Å². The van der Waals surface area contributed by atoms with E-state index in [-0.39, 0.29) is 30.4 Å². The van der Waals surface area contributed by atoms with Crippen molar-refractivity contribution in [1.29, 1.82) is 0 Å². The molecule has 0 unspecified atom stereocenters. The van der Waals surface area contributed by atoms with E-state index >= 15 is 0 Å². The van der Waals surface area contributed by atoms with Gasteiger partial charge >= 0.3 is 5.97 Å². The molecule has 0 aliphatic heterocycles. The van der Waals surface area contributed by atoms with Gasteiger partial charge in [0.05, 0.1) is 25.9 Å². The van der Waals surface area contributed by atoms with Crippen molar-refractivity contribution in [2.75, 3.05) is 19.8 Å². The first kappa shape index (κ1) is 25.2. The van der Waals surface area contributed by atoms with E-state index in [9.17, 15) is 9.90 Å². The summed E-state index contributed by atoms with van der Waals surface area (Å²) in [6.45, 7) is 3.03. The fourth-order valence-corrected chi connectivity index (χ4v) is 5.80. The van der Waals surface area contributed by atoms with Crippen LogP contribution >= 0.6 is 22.9 Å². The standard InChI is InChI=1S/C25H33ClO5S/c1-2-17-5-3-6-18(13-17)15-30-16-21-20(22(26)14-23(21)28)8-4-7-19-9-10-24(32-19)25(29)31-12-11-27/h3,5-6,9-10,13,20-23,27-28H,2,4,7-8,11-12,14-16H2,1H3/t20-,21-,22-,23-/m1/s1. The average Bonchev–Trinajstić information content (AvgIpc) is 3.37. The van der Waals surface area contributed by atoms with E-state index in [0.717, 1.165) is 36.1 Å². The number of carbonyl (C=O) groups excluding carboxylic acids is 1. The van der Waals surface area contributed by atoms with Gasteiger partial charge in [-0.25, -0.2) is 4.79 Å². The number of carbonyl (C=O) groups is 1. The molecule has 0 radical (unpaired) electrons. The van der Waals surface area contributed by atoms with Crippen LogP contribution in [0, 0.1) is 11.8 Å². The Balaban J connectivity index is 1.47. The van der Waals surface area contributed by atoms with Crippen LogP contribution in [0.1, 0.15) is 51.9 Å². The molecule has 7 heteroatoms.